The zero-order valence-corrected chi connectivity index (χ0v) is 10.0. The summed E-state index contributed by atoms with van der Waals surface area (Å²) in [7, 11) is 0. The number of carbonyl (C=O) groups is 1. The van der Waals surface area contributed by atoms with Gasteiger partial charge in [-0.25, -0.2) is 0 Å². The van der Waals surface area contributed by atoms with Crippen LogP contribution in [0.5, 0.6) is 0 Å². The van der Waals surface area contributed by atoms with Gasteiger partial charge in [0.05, 0.1) is 5.71 Å². The van der Waals surface area contributed by atoms with Crippen LogP contribution in [0.1, 0.15) is 24.2 Å². The number of hydrogen-bond acceptors (Lipinski definition) is 2. The second-order valence-electron chi connectivity index (χ2n) is 4.46. The van der Waals surface area contributed by atoms with E-state index in [4.69, 9.17) is 5.41 Å². The molecule has 0 heterocycles. The Labute approximate surface area is 101 Å². The maximum absolute atomic E-state index is 12.0. The van der Waals surface area contributed by atoms with E-state index in [0.29, 0.717) is 5.56 Å². The van der Waals surface area contributed by atoms with Crippen molar-refractivity contribution in [1.29, 1.82) is 5.41 Å². The van der Waals surface area contributed by atoms with Gasteiger partial charge in [-0.05, 0) is 22.8 Å². The van der Waals surface area contributed by atoms with Crippen molar-refractivity contribution in [2.75, 3.05) is 0 Å². The summed E-state index contributed by atoms with van der Waals surface area (Å²) in [5, 5.41) is 9.89. The standard InChI is InChI=1S/C15H15NO/c1-10(2)14(16)15(17)13-8-7-11-5-3-4-6-12(11)9-13/h3-10,16H,1-2H3. The molecule has 0 aliphatic rings. The van der Waals surface area contributed by atoms with E-state index in [9.17, 15) is 4.79 Å². The first-order chi connectivity index (χ1) is 8.09. The highest BCUT2D eigenvalue weighted by molar-refractivity contribution is 6.45. The fourth-order valence-electron chi connectivity index (χ4n) is 1.75. The van der Waals surface area contributed by atoms with Crippen molar-refractivity contribution in [3.05, 3.63) is 48.0 Å². The Morgan fingerprint density at radius 2 is 1.71 bits per heavy atom. The highest BCUT2D eigenvalue weighted by Gasteiger charge is 2.15. The number of fused-ring (bicyclic) bond motifs is 1. The van der Waals surface area contributed by atoms with Gasteiger partial charge in [0.2, 0.25) is 5.78 Å². The average molecular weight is 225 g/mol. The summed E-state index contributed by atoms with van der Waals surface area (Å²) in [5.74, 6) is -0.209. The summed E-state index contributed by atoms with van der Waals surface area (Å²) >= 11 is 0. The molecule has 0 bridgehead atoms. The van der Waals surface area contributed by atoms with E-state index in [1.807, 2.05) is 50.2 Å². The number of hydrogen-bond donors (Lipinski definition) is 1. The number of carbonyl (C=O) groups excluding carboxylic acids is 1. The first kappa shape index (κ1) is 11.5. The maximum atomic E-state index is 12.0. The maximum Gasteiger partial charge on any atom is 0.206 e. The van der Waals surface area contributed by atoms with Crippen molar-refractivity contribution >= 4 is 22.3 Å². The fraction of sp³-hybridized carbons (Fsp3) is 0.200. The Hall–Kier alpha value is -1.96. The summed E-state index contributed by atoms with van der Waals surface area (Å²) in [5.41, 5.74) is 0.766. The molecule has 0 aromatic heterocycles. The third kappa shape index (κ3) is 2.26. The Bertz CT molecular complexity index is 584. The lowest BCUT2D eigenvalue weighted by atomic mass is 9.97. The first-order valence-electron chi connectivity index (χ1n) is 5.71. The van der Waals surface area contributed by atoms with E-state index < -0.39 is 0 Å². The Morgan fingerprint density at radius 3 is 2.35 bits per heavy atom. The van der Waals surface area contributed by atoms with Gasteiger partial charge in [-0.1, -0.05) is 50.2 Å². The predicted molar refractivity (Wildman–Crippen MR) is 70.8 cm³/mol. The third-order valence-corrected chi connectivity index (χ3v) is 2.83. The van der Waals surface area contributed by atoms with Crippen molar-refractivity contribution < 1.29 is 4.79 Å². The topological polar surface area (TPSA) is 40.9 Å². The van der Waals surface area contributed by atoms with Gasteiger partial charge in [-0.2, -0.15) is 0 Å². The molecule has 2 nitrogen and oxygen atoms in total. The molecule has 2 aromatic rings. The third-order valence-electron chi connectivity index (χ3n) is 2.83. The molecule has 0 saturated carbocycles. The molecule has 17 heavy (non-hydrogen) atoms. The highest BCUT2D eigenvalue weighted by Crippen LogP contribution is 2.17. The number of ketones is 1. The van der Waals surface area contributed by atoms with Crippen LogP contribution in [0.15, 0.2) is 42.5 Å². The minimum atomic E-state index is -0.175. The predicted octanol–water partition coefficient (Wildman–Crippen LogP) is 3.70. The molecule has 0 aliphatic heterocycles. The molecular weight excluding hydrogens is 210 g/mol. The minimum Gasteiger partial charge on any atom is -0.301 e. The smallest absolute Gasteiger partial charge is 0.206 e. The Morgan fingerprint density at radius 1 is 1.06 bits per heavy atom. The van der Waals surface area contributed by atoms with Crippen LogP contribution in [0.4, 0.5) is 0 Å². The Balaban J connectivity index is 2.43. The van der Waals surface area contributed by atoms with Crippen LogP contribution >= 0.6 is 0 Å². The van der Waals surface area contributed by atoms with Crippen molar-refractivity contribution in [2.24, 2.45) is 5.92 Å². The van der Waals surface area contributed by atoms with Gasteiger partial charge >= 0.3 is 0 Å². The normalized spacial score (nSPS) is 10.8. The fourth-order valence-corrected chi connectivity index (χ4v) is 1.75. The van der Waals surface area contributed by atoms with E-state index in [1.165, 1.54) is 0 Å². The number of rotatable bonds is 3. The summed E-state index contributed by atoms with van der Waals surface area (Å²) in [6.07, 6.45) is 0. The molecule has 2 heteroatoms. The van der Waals surface area contributed by atoms with Crippen LogP contribution in [0.2, 0.25) is 0 Å². The van der Waals surface area contributed by atoms with Crippen molar-refractivity contribution in [3.63, 3.8) is 0 Å². The molecule has 86 valence electrons. The second kappa shape index (κ2) is 4.50. The van der Waals surface area contributed by atoms with E-state index >= 15 is 0 Å². The molecule has 0 radical (unpaired) electrons. The summed E-state index contributed by atoms with van der Waals surface area (Å²) < 4.78 is 0. The summed E-state index contributed by atoms with van der Waals surface area (Å²) in [4.78, 5) is 12.0. The summed E-state index contributed by atoms with van der Waals surface area (Å²) in [6, 6.07) is 13.5. The molecule has 0 fully saturated rings. The van der Waals surface area contributed by atoms with Gasteiger partial charge in [-0.15, -0.1) is 0 Å². The largest absolute Gasteiger partial charge is 0.301 e. The molecule has 1 N–H and O–H groups in total. The van der Waals surface area contributed by atoms with E-state index in [0.717, 1.165) is 10.8 Å². The number of nitrogens with one attached hydrogen (secondary N) is 1. The molecule has 0 aliphatic carbocycles. The van der Waals surface area contributed by atoms with Gasteiger partial charge in [0, 0.05) is 5.56 Å². The number of Topliss-reactive ketones (excluding diaryl/α,β-unsaturated/α-hetero) is 1. The zero-order chi connectivity index (χ0) is 12.4. The van der Waals surface area contributed by atoms with Crippen LogP contribution in [0, 0.1) is 11.3 Å². The van der Waals surface area contributed by atoms with Gasteiger partial charge < -0.3 is 5.41 Å². The number of benzene rings is 2. The zero-order valence-electron chi connectivity index (χ0n) is 10.0. The molecule has 0 saturated heterocycles. The SMILES string of the molecule is CC(C)C(=N)C(=O)c1ccc2ccccc2c1. The lowest BCUT2D eigenvalue weighted by Crippen LogP contribution is -2.18. The molecule has 0 amide bonds. The lowest BCUT2D eigenvalue weighted by molar-refractivity contribution is 0.106. The molecule has 2 rings (SSSR count). The van der Waals surface area contributed by atoms with E-state index in [2.05, 4.69) is 0 Å². The quantitative estimate of drug-likeness (QED) is 0.628. The second-order valence-corrected chi connectivity index (χ2v) is 4.46. The lowest BCUT2D eigenvalue weighted by Gasteiger charge is -2.07. The van der Waals surface area contributed by atoms with Crippen LogP contribution in [-0.4, -0.2) is 11.5 Å². The molecule has 0 spiro atoms. The van der Waals surface area contributed by atoms with E-state index in [1.54, 1.807) is 6.07 Å². The van der Waals surface area contributed by atoms with E-state index in [-0.39, 0.29) is 17.4 Å². The molecular formula is C15H15NO. The molecule has 0 atom stereocenters. The van der Waals surface area contributed by atoms with Crippen LogP contribution < -0.4 is 0 Å². The van der Waals surface area contributed by atoms with Crippen LogP contribution in [0.3, 0.4) is 0 Å². The molecule has 0 unspecified atom stereocenters. The van der Waals surface area contributed by atoms with Gasteiger partial charge in [0.1, 0.15) is 0 Å². The van der Waals surface area contributed by atoms with Gasteiger partial charge in [0.25, 0.3) is 0 Å². The summed E-state index contributed by atoms with van der Waals surface area (Å²) in [6.45, 7) is 3.72. The minimum absolute atomic E-state index is 0.0334. The van der Waals surface area contributed by atoms with Crippen molar-refractivity contribution in [1.82, 2.24) is 0 Å². The van der Waals surface area contributed by atoms with Crippen molar-refractivity contribution in [3.8, 4) is 0 Å². The van der Waals surface area contributed by atoms with Gasteiger partial charge in [-0.3, -0.25) is 4.79 Å². The highest BCUT2D eigenvalue weighted by atomic mass is 16.1. The van der Waals surface area contributed by atoms with Gasteiger partial charge in [0.15, 0.2) is 0 Å². The van der Waals surface area contributed by atoms with Crippen LogP contribution in [0.25, 0.3) is 10.8 Å². The van der Waals surface area contributed by atoms with Crippen LogP contribution in [-0.2, 0) is 0 Å². The monoisotopic (exact) mass is 225 g/mol. The Kier molecular flexibility index (Phi) is 3.05. The van der Waals surface area contributed by atoms with Crippen molar-refractivity contribution in [2.45, 2.75) is 13.8 Å². The average Bonchev–Trinajstić information content (AvgIpc) is 2.36. The molecule has 2 aromatic carbocycles. The first-order valence-corrected chi connectivity index (χ1v) is 5.71.